The Balaban J connectivity index is 1.66. The minimum Gasteiger partial charge on any atom is -0.488 e. The van der Waals surface area contributed by atoms with Crippen LogP contribution < -0.4 is 10.1 Å². The number of nitrogens with zero attached hydrogens (tertiary/aromatic N) is 2. The third-order valence-electron chi connectivity index (χ3n) is 5.04. The fraction of sp³-hybridized carbons (Fsp3) is 0.304. The molecular weight excluding hydrogens is 369 g/mol. The van der Waals surface area contributed by atoms with E-state index in [0.717, 1.165) is 22.5 Å². The summed E-state index contributed by atoms with van der Waals surface area (Å²) in [4.78, 5) is 12.6. The maximum atomic E-state index is 13.9. The number of carbonyl (C=O) groups is 1. The van der Waals surface area contributed by atoms with Crippen LogP contribution in [-0.2, 0) is 18.3 Å². The average molecular weight is 395 g/mol. The summed E-state index contributed by atoms with van der Waals surface area (Å²) in [6.07, 6.45) is 0.962. The van der Waals surface area contributed by atoms with Gasteiger partial charge in [0.2, 0.25) is 5.91 Å². The third-order valence-corrected chi connectivity index (χ3v) is 5.04. The summed E-state index contributed by atoms with van der Waals surface area (Å²) in [7, 11) is 1.90. The molecule has 3 aromatic rings. The number of halogens is 1. The van der Waals surface area contributed by atoms with Crippen LogP contribution in [0.3, 0.4) is 0 Å². The molecule has 1 heterocycles. The van der Waals surface area contributed by atoms with Crippen LogP contribution in [0.25, 0.3) is 0 Å². The van der Waals surface area contributed by atoms with Crippen molar-refractivity contribution in [3.8, 4) is 5.75 Å². The second-order valence-electron chi connectivity index (χ2n) is 7.05. The third kappa shape index (κ3) is 5.22. The van der Waals surface area contributed by atoms with Crippen LogP contribution in [0.4, 0.5) is 4.39 Å². The van der Waals surface area contributed by atoms with Crippen molar-refractivity contribution in [2.24, 2.45) is 7.05 Å². The lowest BCUT2D eigenvalue weighted by Crippen LogP contribution is -2.32. The van der Waals surface area contributed by atoms with Crippen LogP contribution in [0.1, 0.15) is 35.0 Å². The van der Waals surface area contributed by atoms with E-state index in [1.807, 2.05) is 55.9 Å². The number of hydrogen-bond donors (Lipinski definition) is 1. The van der Waals surface area contributed by atoms with Gasteiger partial charge in [0, 0.05) is 19.2 Å². The van der Waals surface area contributed by atoms with E-state index in [4.69, 9.17) is 4.74 Å². The summed E-state index contributed by atoms with van der Waals surface area (Å²) in [6.45, 7) is 4.10. The quantitative estimate of drug-likeness (QED) is 0.626. The standard InChI is InChI=1S/C23H26FN3O2/c1-16-19(17(2)27(3)26-16)13-14-23(28)25-21(18-9-5-4-6-10-18)15-29-22-12-8-7-11-20(22)24/h4-12,21H,13-15H2,1-3H3,(H,25,28). The summed E-state index contributed by atoms with van der Waals surface area (Å²) in [6, 6.07) is 15.4. The van der Waals surface area contributed by atoms with Crippen LogP contribution >= 0.6 is 0 Å². The number of aryl methyl sites for hydroxylation is 2. The largest absolute Gasteiger partial charge is 0.488 e. The molecule has 1 atom stereocenters. The highest BCUT2D eigenvalue weighted by Crippen LogP contribution is 2.20. The van der Waals surface area contributed by atoms with Gasteiger partial charge in [-0.1, -0.05) is 42.5 Å². The predicted octanol–water partition coefficient (Wildman–Crippen LogP) is 4.05. The topological polar surface area (TPSA) is 56.2 Å². The van der Waals surface area contributed by atoms with Gasteiger partial charge in [-0.05, 0) is 43.5 Å². The summed E-state index contributed by atoms with van der Waals surface area (Å²) in [5.41, 5.74) is 4.02. The summed E-state index contributed by atoms with van der Waals surface area (Å²) >= 11 is 0. The van der Waals surface area contributed by atoms with Crippen molar-refractivity contribution in [3.05, 3.63) is 82.9 Å². The molecule has 0 aliphatic carbocycles. The lowest BCUT2D eigenvalue weighted by Gasteiger charge is -2.20. The van der Waals surface area contributed by atoms with Gasteiger partial charge in [0.1, 0.15) is 6.61 Å². The van der Waals surface area contributed by atoms with Gasteiger partial charge in [-0.15, -0.1) is 0 Å². The minimum absolute atomic E-state index is 0.0846. The van der Waals surface area contributed by atoms with Gasteiger partial charge in [-0.3, -0.25) is 9.48 Å². The van der Waals surface area contributed by atoms with Crippen LogP contribution in [0.15, 0.2) is 54.6 Å². The number of carbonyl (C=O) groups excluding carboxylic acids is 1. The lowest BCUT2D eigenvalue weighted by molar-refractivity contribution is -0.122. The Morgan fingerprint density at radius 2 is 1.83 bits per heavy atom. The second kappa shape index (κ2) is 9.37. The number of ether oxygens (including phenoxy) is 1. The number of rotatable bonds is 8. The molecule has 29 heavy (non-hydrogen) atoms. The molecule has 0 saturated carbocycles. The summed E-state index contributed by atoms with van der Waals surface area (Å²) in [5.74, 6) is -0.337. The molecule has 1 aromatic heterocycles. The number of aromatic nitrogens is 2. The SMILES string of the molecule is Cc1nn(C)c(C)c1CCC(=O)NC(COc1ccccc1F)c1ccccc1. The molecule has 0 spiro atoms. The Kier molecular flexibility index (Phi) is 6.65. The highest BCUT2D eigenvalue weighted by molar-refractivity contribution is 5.76. The van der Waals surface area contributed by atoms with E-state index in [-0.39, 0.29) is 24.3 Å². The van der Waals surface area contributed by atoms with Crippen molar-refractivity contribution in [1.29, 1.82) is 0 Å². The first-order valence-corrected chi connectivity index (χ1v) is 9.66. The van der Waals surface area contributed by atoms with Crippen molar-refractivity contribution in [1.82, 2.24) is 15.1 Å². The Labute approximate surface area is 170 Å². The number of amides is 1. The van der Waals surface area contributed by atoms with Gasteiger partial charge in [-0.2, -0.15) is 5.10 Å². The van der Waals surface area contributed by atoms with E-state index in [1.54, 1.807) is 18.2 Å². The molecule has 0 radical (unpaired) electrons. The molecule has 1 N–H and O–H groups in total. The molecule has 0 aliphatic heterocycles. The molecule has 6 heteroatoms. The smallest absolute Gasteiger partial charge is 0.220 e. The van der Waals surface area contributed by atoms with Crippen LogP contribution in [0.2, 0.25) is 0 Å². The first kappa shape index (κ1) is 20.6. The van der Waals surface area contributed by atoms with Crippen LogP contribution in [-0.4, -0.2) is 22.3 Å². The highest BCUT2D eigenvalue weighted by Gasteiger charge is 2.18. The minimum atomic E-state index is -0.423. The van der Waals surface area contributed by atoms with E-state index < -0.39 is 5.82 Å². The van der Waals surface area contributed by atoms with Gasteiger partial charge in [0.25, 0.3) is 0 Å². The number of nitrogens with one attached hydrogen (secondary N) is 1. The first-order chi connectivity index (χ1) is 14.0. The molecule has 3 rings (SSSR count). The Bertz CT molecular complexity index is 970. The van der Waals surface area contributed by atoms with E-state index >= 15 is 0 Å². The van der Waals surface area contributed by atoms with Crippen LogP contribution in [0, 0.1) is 19.7 Å². The zero-order valence-electron chi connectivity index (χ0n) is 17.0. The van der Waals surface area contributed by atoms with Crippen molar-refractivity contribution in [2.75, 3.05) is 6.61 Å². The molecular formula is C23H26FN3O2. The lowest BCUT2D eigenvalue weighted by atomic mass is 10.1. The fourth-order valence-electron chi connectivity index (χ4n) is 3.33. The average Bonchev–Trinajstić information content (AvgIpc) is 2.96. The monoisotopic (exact) mass is 395 g/mol. The Hall–Kier alpha value is -3.15. The van der Waals surface area contributed by atoms with E-state index in [0.29, 0.717) is 12.8 Å². The fourth-order valence-corrected chi connectivity index (χ4v) is 3.33. The Morgan fingerprint density at radius 1 is 1.14 bits per heavy atom. The molecule has 1 unspecified atom stereocenters. The van der Waals surface area contributed by atoms with Crippen molar-refractivity contribution in [3.63, 3.8) is 0 Å². The van der Waals surface area contributed by atoms with E-state index in [1.165, 1.54) is 6.07 Å². The molecule has 2 aromatic carbocycles. The van der Waals surface area contributed by atoms with Gasteiger partial charge < -0.3 is 10.1 Å². The van der Waals surface area contributed by atoms with Crippen LogP contribution in [0.5, 0.6) is 5.75 Å². The zero-order valence-corrected chi connectivity index (χ0v) is 17.0. The number of benzene rings is 2. The highest BCUT2D eigenvalue weighted by atomic mass is 19.1. The Morgan fingerprint density at radius 3 is 2.48 bits per heavy atom. The van der Waals surface area contributed by atoms with E-state index in [9.17, 15) is 9.18 Å². The predicted molar refractivity (Wildman–Crippen MR) is 110 cm³/mol. The second-order valence-corrected chi connectivity index (χ2v) is 7.05. The van der Waals surface area contributed by atoms with Gasteiger partial charge in [0.05, 0.1) is 11.7 Å². The number of para-hydroxylation sites is 1. The summed E-state index contributed by atoms with van der Waals surface area (Å²) < 4.78 is 21.4. The van der Waals surface area contributed by atoms with E-state index in [2.05, 4.69) is 10.4 Å². The maximum Gasteiger partial charge on any atom is 0.220 e. The molecule has 1 amide bonds. The maximum absolute atomic E-state index is 13.9. The van der Waals surface area contributed by atoms with Gasteiger partial charge >= 0.3 is 0 Å². The zero-order chi connectivity index (χ0) is 20.8. The molecule has 0 saturated heterocycles. The molecule has 152 valence electrons. The molecule has 0 bridgehead atoms. The van der Waals surface area contributed by atoms with Gasteiger partial charge in [0.15, 0.2) is 11.6 Å². The number of hydrogen-bond acceptors (Lipinski definition) is 3. The molecule has 0 aliphatic rings. The van der Waals surface area contributed by atoms with Gasteiger partial charge in [-0.25, -0.2) is 4.39 Å². The normalized spacial score (nSPS) is 11.9. The van der Waals surface area contributed by atoms with Crippen molar-refractivity contribution >= 4 is 5.91 Å². The molecule has 0 fully saturated rings. The van der Waals surface area contributed by atoms with Crippen molar-refractivity contribution in [2.45, 2.75) is 32.7 Å². The van der Waals surface area contributed by atoms with Crippen molar-refractivity contribution < 1.29 is 13.9 Å². The molecule has 5 nitrogen and oxygen atoms in total. The first-order valence-electron chi connectivity index (χ1n) is 9.66. The summed E-state index contributed by atoms with van der Waals surface area (Å²) in [5, 5.41) is 7.42.